The zero-order valence-corrected chi connectivity index (χ0v) is 15.4. The molecule has 0 unspecified atom stereocenters. The van der Waals surface area contributed by atoms with E-state index in [1.165, 1.54) is 19.1 Å². The lowest BCUT2D eigenvalue weighted by Gasteiger charge is -2.14. The van der Waals surface area contributed by atoms with E-state index in [9.17, 15) is 18.8 Å². The number of carbonyl (C=O) groups excluding carboxylic acids is 3. The predicted octanol–water partition coefficient (Wildman–Crippen LogP) is 2.69. The van der Waals surface area contributed by atoms with Gasteiger partial charge in [0, 0.05) is 17.4 Å². The average Bonchev–Trinajstić information content (AvgIpc) is 2.52. The highest BCUT2D eigenvalue weighted by atomic mass is 79.9. The molecule has 0 saturated carbocycles. The van der Waals surface area contributed by atoms with E-state index in [0.29, 0.717) is 30.3 Å². The molecule has 7 nitrogen and oxygen atoms in total. The van der Waals surface area contributed by atoms with Gasteiger partial charge in [-0.2, -0.15) is 0 Å². The van der Waals surface area contributed by atoms with Gasteiger partial charge in [-0.1, -0.05) is 22.4 Å². The maximum absolute atomic E-state index is 13.7. The first-order valence-corrected chi connectivity index (χ1v) is 8.57. The van der Waals surface area contributed by atoms with Crippen molar-refractivity contribution in [2.75, 3.05) is 11.9 Å². The molecule has 0 radical (unpaired) electrons. The van der Waals surface area contributed by atoms with E-state index in [0.717, 1.165) is 0 Å². The molecule has 1 rings (SSSR count). The SMILES string of the molecule is C[C@@H](OC(=O)CCCCCNC(N)=O)C(=O)Nc1ccc(Br)cc1F. The number of unbranched alkanes of at least 4 members (excludes halogenated alkanes) is 2. The number of urea groups is 1. The first kappa shape index (κ1) is 20.9. The predicted molar refractivity (Wildman–Crippen MR) is 94.3 cm³/mol. The zero-order chi connectivity index (χ0) is 18.8. The van der Waals surface area contributed by atoms with Gasteiger partial charge < -0.3 is 21.1 Å². The van der Waals surface area contributed by atoms with Crippen LogP contribution in [0.2, 0.25) is 0 Å². The number of hydrogen-bond donors (Lipinski definition) is 3. The van der Waals surface area contributed by atoms with E-state index in [1.807, 2.05) is 0 Å². The number of carbonyl (C=O) groups is 3. The van der Waals surface area contributed by atoms with E-state index in [2.05, 4.69) is 26.6 Å². The second-order valence-electron chi connectivity index (χ2n) is 5.35. The third-order valence-corrected chi connectivity index (χ3v) is 3.72. The van der Waals surface area contributed by atoms with Gasteiger partial charge in [-0.05, 0) is 38.0 Å². The number of hydrogen-bond acceptors (Lipinski definition) is 4. The van der Waals surface area contributed by atoms with Gasteiger partial charge in [0.2, 0.25) is 0 Å². The molecule has 0 aromatic heterocycles. The van der Waals surface area contributed by atoms with E-state index in [-0.39, 0.29) is 12.1 Å². The molecular formula is C16H21BrFN3O4. The van der Waals surface area contributed by atoms with Gasteiger partial charge in [0.1, 0.15) is 5.82 Å². The van der Waals surface area contributed by atoms with Crippen LogP contribution in [-0.4, -0.2) is 30.6 Å². The number of rotatable bonds is 9. The Morgan fingerprint density at radius 1 is 1.28 bits per heavy atom. The second kappa shape index (κ2) is 10.7. The molecular weight excluding hydrogens is 397 g/mol. The standard InChI is InChI=1S/C16H21BrFN3O4/c1-10(15(23)21-13-7-6-11(17)9-12(13)18)25-14(22)5-3-2-4-8-20-16(19)24/h6-7,9-10H,2-5,8H2,1H3,(H,21,23)(H3,19,20,24)/t10-/m1/s1. The van der Waals surface area contributed by atoms with Gasteiger partial charge >= 0.3 is 12.0 Å². The number of amides is 3. The topological polar surface area (TPSA) is 111 Å². The summed E-state index contributed by atoms with van der Waals surface area (Å²) >= 11 is 3.12. The number of nitrogens with one attached hydrogen (secondary N) is 2. The first-order chi connectivity index (χ1) is 11.8. The van der Waals surface area contributed by atoms with Crippen LogP contribution in [0.1, 0.15) is 32.6 Å². The van der Waals surface area contributed by atoms with Crippen molar-refractivity contribution in [1.82, 2.24) is 5.32 Å². The number of esters is 1. The van der Waals surface area contributed by atoms with Crippen LogP contribution in [0.3, 0.4) is 0 Å². The van der Waals surface area contributed by atoms with Gasteiger partial charge in [0.05, 0.1) is 5.69 Å². The van der Waals surface area contributed by atoms with Crippen molar-refractivity contribution in [1.29, 1.82) is 0 Å². The Balaban J connectivity index is 2.29. The summed E-state index contributed by atoms with van der Waals surface area (Å²) in [6, 6.07) is 3.63. The van der Waals surface area contributed by atoms with E-state index >= 15 is 0 Å². The molecule has 1 atom stereocenters. The Kier molecular flexibility index (Phi) is 8.90. The van der Waals surface area contributed by atoms with Crippen molar-refractivity contribution in [3.05, 3.63) is 28.5 Å². The number of benzene rings is 1. The normalized spacial score (nSPS) is 11.5. The molecule has 138 valence electrons. The summed E-state index contributed by atoms with van der Waals surface area (Å²) in [5, 5.41) is 4.82. The van der Waals surface area contributed by atoms with E-state index in [1.54, 1.807) is 6.07 Å². The van der Waals surface area contributed by atoms with Crippen molar-refractivity contribution < 1.29 is 23.5 Å². The van der Waals surface area contributed by atoms with Gasteiger partial charge in [-0.15, -0.1) is 0 Å². The first-order valence-electron chi connectivity index (χ1n) is 7.78. The number of halogens is 2. The summed E-state index contributed by atoms with van der Waals surface area (Å²) in [4.78, 5) is 34.1. The Hall–Kier alpha value is -2.16. The monoisotopic (exact) mass is 417 g/mol. The molecule has 0 saturated heterocycles. The van der Waals surface area contributed by atoms with Crippen LogP contribution in [0.5, 0.6) is 0 Å². The van der Waals surface area contributed by atoms with Crippen LogP contribution in [0.15, 0.2) is 22.7 Å². The molecule has 25 heavy (non-hydrogen) atoms. The summed E-state index contributed by atoms with van der Waals surface area (Å²) in [5.74, 6) is -1.71. The molecule has 0 heterocycles. The third kappa shape index (κ3) is 8.48. The minimum absolute atomic E-state index is 0.0121. The van der Waals surface area contributed by atoms with E-state index < -0.39 is 29.8 Å². The number of nitrogens with two attached hydrogens (primary N) is 1. The minimum Gasteiger partial charge on any atom is -0.453 e. The minimum atomic E-state index is -1.04. The Morgan fingerprint density at radius 2 is 2.00 bits per heavy atom. The Bertz CT molecular complexity index is 627. The molecule has 3 amide bonds. The number of ether oxygens (including phenoxy) is 1. The third-order valence-electron chi connectivity index (χ3n) is 3.22. The summed E-state index contributed by atoms with van der Waals surface area (Å²) < 4.78 is 19.2. The quantitative estimate of drug-likeness (QED) is 0.423. The summed E-state index contributed by atoms with van der Waals surface area (Å²) in [6.45, 7) is 1.86. The zero-order valence-electron chi connectivity index (χ0n) is 13.8. The van der Waals surface area contributed by atoms with Crippen LogP contribution < -0.4 is 16.4 Å². The molecule has 0 fully saturated rings. The van der Waals surface area contributed by atoms with Crippen molar-refractivity contribution >= 4 is 39.5 Å². The summed E-state index contributed by atoms with van der Waals surface area (Å²) in [5.41, 5.74) is 4.93. The molecule has 1 aromatic carbocycles. The largest absolute Gasteiger partial charge is 0.453 e. The summed E-state index contributed by atoms with van der Waals surface area (Å²) in [6.07, 6.45) is 1.08. The van der Waals surface area contributed by atoms with Gasteiger partial charge in [-0.3, -0.25) is 9.59 Å². The highest BCUT2D eigenvalue weighted by Gasteiger charge is 2.19. The number of anilines is 1. The fraction of sp³-hybridized carbons (Fsp3) is 0.438. The fourth-order valence-electron chi connectivity index (χ4n) is 1.92. The molecule has 0 aliphatic carbocycles. The Labute approximate surface area is 153 Å². The van der Waals surface area contributed by atoms with Gasteiger partial charge in [0.25, 0.3) is 5.91 Å². The second-order valence-corrected chi connectivity index (χ2v) is 6.26. The van der Waals surface area contributed by atoms with Crippen molar-refractivity contribution in [3.8, 4) is 0 Å². The van der Waals surface area contributed by atoms with Crippen LogP contribution in [0.25, 0.3) is 0 Å². The smallest absolute Gasteiger partial charge is 0.312 e. The van der Waals surface area contributed by atoms with Crippen LogP contribution in [-0.2, 0) is 14.3 Å². The van der Waals surface area contributed by atoms with Crippen LogP contribution in [0, 0.1) is 5.82 Å². The molecule has 9 heteroatoms. The van der Waals surface area contributed by atoms with Crippen molar-refractivity contribution in [2.24, 2.45) is 5.73 Å². The molecule has 0 aliphatic heterocycles. The molecule has 0 bridgehead atoms. The van der Waals surface area contributed by atoms with Gasteiger partial charge in [0.15, 0.2) is 6.10 Å². The highest BCUT2D eigenvalue weighted by Crippen LogP contribution is 2.19. The average molecular weight is 418 g/mol. The maximum atomic E-state index is 13.7. The lowest BCUT2D eigenvalue weighted by molar-refractivity contribution is -0.153. The molecule has 4 N–H and O–H groups in total. The molecule has 0 aliphatic rings. The van der Waals surface area contributed by atoms with Crippen molar-refractivity contribution in [3.63, 3.8) is 0 Å². The molecule has 0 spiro atoms. The van der Waals surface area contributed by atoms with Gasteiger partial charge in [-0.25, -0.2) is 9.18 Å². The fourth-order valence-corrected chi connectivity index (χ4v) is 2.25. The van der Waals surface area contributed by atoms with E-state index in [4.69, 9.17) is 10.5 Å². The van der Waals surface area contributed by atoms with Crippen molar-refractivity contribution in [2.45, 2.75) is 38.7 Å². The maximum Gasteiger partial charge on any atom is 0.312 e. The lowest BCUT2D eigenvalue weighted by atomic mass is 10.2. The lowest BCUT2D eigenvalue weighted by Crippen LogP contribution is -2.30. The molecule has 1 aromatic rings. The number of primary amides is 1. The van der Waals surface area contributed by atoms with Crippen LogP contribution >= 0.6 is 15.9 Å². The van der Waals surface area contributed by atoms with Crippen LogP contribution in [0.4, 0.5) is 14.9 Å². The Morgan fingerprint density at radius 3 is 2.64 bits per heavy atom. The highest BCUT2D eigenvalue weighted by molar-refractivity contribution is 9.10. The summed E-state index contributed by atoms with van der Waals surface area (Å²) in [7, 11) is 0.